The molecule has 0 amide bonds. The molecule has 12 heavy (non-hydrogen) atoms. The molecule has 0 aliphatic heterocycles. The molecule has 0 heterocycles. The van der Waals surface area contributed by atoms with Gasteiger partial charge in [-0.3, -0.25) is 0 Å². The monoisotopic (exact) mass is 192 g/mol. The maximum atomic E-state index is 2.12. The van der Waals surface area contributed by atoms with E-state index in [0.29, 0.717) is 0 Å². The minimum atomic E-state index is 0. The summed E-state index contributed by atoms with van der Waals surface area (Å²) >= 11 is 0. The summed E-state index contributed by atoms with van der Waals surface area (Å²) in [4.78, 5) is 0. The smallest absolute Gasteiger partial charge is 0.0184 e. The van der Waals surface area contributed by atoms with Crippen molar-refractivity contribution in [3.05, 3.63) is 48.5 Å². The fourth-order valence-electron chi connectivity index (χ4n) is 1.13. The Balaban J connectivity index is 0.000000605. The van der Waals surface area contributed by atoms with Crippen molar-refractivity contribution >= 4 is 91.7 Å². The van der Waals surface area contributed by atoms with Gasteiger partial charge in [0, 0.05) is 0 Å². The van der Waals surface area contributed by atoms with Crippen molar-refractivity contribution in [3.63, 3.8) is 0 Å². The van der Waals surface area contributed by atoms with E-state index in [-0.39, 0.29) is 80.9 Å². The number of hydrogen-bond donors (Lipinski definition) is 0. The van der Waals surface area contributed by atoms with Crippen molar-refractivity contribution in [2.24, 2.45) is 0 Å². The Bertz CT molecular complexity index is 281. The Kier molecular flexibility index (Phi) is 7.49. The van der Waals surface area contributed by atoms with Crippen molar-refractivity contribution in [2.75, 3.05) is 0 Å². The van der Waals surface area contributed by atoms with Crippen LogP contribution in [0.15, 0.2) is 48.5 Å². The molecular formula is C10H10KNa. The van der Waals surface area contributed by atoms with Crippen molar-refractivity contribution < 1.29 is 0 Å². The topological polar surface area (TPSA) is 0 Å². The molecule has 52 valence electrons. The fourth-order valence-corrected chi connectivity index (χ4v) is 1.13. The predicted octanol–water partition coefficient (Wildman–Crippen LogP) is 1.54. The van der Waals surface area contributed by atoms with Gasteiger partial charge in [-0.05, 0) is 10.8 Å². The van der Waals surface area contributed by atoms with Crippen LogP contribution >= 0.6 is 0 Å². The van der Waals surface area contributed by atoms with Gasteiger partial charge in [0.1, 0.15) is 0 Å². The molecule has 0 nitrogen and oxygen atoms in total. The van der Waals surface area contributed by atoms with Crippen LogP contribution in [0.3, 0.4) is 0 Å². The Hall–Kier alpha value is 1.34. The summed E-state index contributed by atoms with van der Waals surface area (Å²) in [5.74, 6) is 0. The third kappa shape index (κ3) is 3.24. The van der Waals surface area contributed by atoms with Gasteiger partial charge in [-0.1, -0.05) is 48.5 Å². The molecule has 0 saturated carbocycles. The van der Waals surface area contributed by atoms with Crippen LogP contribution in [0.1, 0.15) is 0 Å². The van der Waals surface area contributed by atoms with E-state index in [1.54, 1.807) is 0 Å². The molecule has 2 heteroatoms. The summed E-state index contributed by atoms with van der Waals surface area (Å²) < 4.78 is 0. The first-order valence-electron chi connectivity index (χ1n) is 3.40. The van der Waals surface area contributed by atoms with Gasteiger partial charge in [0.2, 0.25) is 0 Å². The van der Waals surface area contributed by atoms with Crippen molar-refractivity contribution in [3.8, 4) is 0 Å². The third-order valence-electron chi connectivity index (χ3n) is 1.66. The minimum absolute atomic E-state index is 0. The number of rotatable bonds is 0. The van der Waals surface area contributed by atoms with Crippen molar-refractivity contribution in [1.29, 1.82) is 0 Å². The van der Waals surface area contributed by atoms with Gasteiger partial charge in [0.25, 0.3) is 0 Å². The predicted molar refractivity (Wildman–Crippen MR) is 58.2 cm³/mol. The van der Waals surface area contributed by atoms with Crippen LogP contribution in [-0.2, 0) is 0 Å². The van der Waals surface area contributed by atoms with Crippen molar-refractivity contribution in [1.82, 2.24) is 0 Å². The van der Waals surface area contributed by atoms with Crippen LogP contribution in [0.2, 0.25) is 0 Å². The second-order valence-corrected chi connectivity index (χ2v) is 2.35. The van der Waals surface area contributed by atoms with Crippen LogP contribution in [-0.4, -0.2) is 80.9 Å². The summed E-state index contributed by atoms with van der Waals surface area (Å²) in [6.45, 7) is 0. The molecule has 2 rings (SSSR count). The van der Waals surface area contributed by atoms with Crippen LogP contribution in [0.5, 0.6) is 0 Å². The molecule has 0 N–H and O–H groups in total. The van der Waals surface area contributed by atoms with Gasteiger partial charge < -0.3 is 0 Å². The minimum Gasteiger partial charge on any atom is -0.0616 e. The summed E-state index contributed by atoms with van der Waals surface area (Å²) in [5, 5.41) is 2.62. The normalized spacial score (nSPS) is 8.33. The maximum absolute atomic E-state index is 2.12. The van der Waals surface area contributed by atoms with Crippen LogP contribution in [0, 0.1) is 0 Å². The Morgan fingerprint density at radius 1 is 0.583 bits per heavy atom. The first kappa shape index (κ1) is 13.3. The quantitative estimate of drug-likeness (QED) is 0.555. The molecule has 0 aliphatic rings. The fraction of sp³-hybridized carbons (Fsp3) is 0. The molecule has 0 aromatic heterocycles. The first-order valence-corrected chi connectivity index (χ1v) is 3.40. The molecule has 0 unspecified atom stereocenters. The molecule has 2 aromatic carbocycles. The van der Waals surface area contributed by atoms with E-state index in [1.165, 1.54) is 10.8 Å². The largest absolute Gasteiger partial charge is 0.0616 e. The number of fused-ring (bicyclic) bond motifs is 1. The van der Waals surface area contributed by atoms with Crippen LogP contribution in [0.4, 0.5) is 0 Å². The van der Waals surface area contributed by atoms with Crippen molar-refractivity contribution in [2.45, 2.75) is 0 Å². The van der Waals surface area contributed by atoms with Crippen LogP contribution in [0.25, 0.3) is 10.8 Å². The first-order chi connectivity index (χ1) is 4.97. The average molecular weight is 192 g/mol. The number of hydrogen-bond acceptors (Lipinski definition) is 0. The standard InChI is InChI=1S/C10H8.K.Na.2H/c1-2-6-10-8-4-3-7-9(10)5-1;;;;/h1-8H;;;;. The molecular weight excluding hydrogens is 182 g/mol. The third-order valence-corrected chi connectivity index (χ3v) is 1.66. The maximum Gasteiger partial charge on any atom is -0.0184 e. The van der Waals surface area contributed by atoms with E-state index in [1.807, 2.05) is 0 Å². The average Bonchev–Trinajstić information content (AvgIpc) is 2.05. The van der Waals surface area contributed by atoms with Gasteiger partial charge in [0.15, 0.2) is 0 Å². The van der Waals surface area contributed by atoms with E-state index in [9.17, 15) is 0 Å². The van der Waals surface area contributed by atoms with Gasteiger partial charge in [-0.25, -0.2) is 0 Å². The Morgan fingerprint density at radius 3 is 1.08 bits per heavy atom. The van der Waals surface area contributed by atoms with E-state index in [4.69, 9.17) is 0 Å². The summed E-state index contributed by atoms with van der Waals surface area (Å²) in [6, 6.07) is 16.7. The molecule has 0 aliphatic carbocycles. The molecule has 0 bridgehead atoms. The zero-order valence-corrected chi connectivity index (χ0v) is 5.62. The summed E-state index contributed by atoms with van der Waals surface area (Å²) in [5.41, 5.74) is 0. The second-order valence-electron chi connectivity index (χ2n) is 2.35. The van der Waals surface area contributed by atoms with E-state index < -0.39 is 0 Å². The molecule has 0 radical (unpaired) electrons. The molecule has 2 aromatic rings. The van der Waals surface area contributed by atoms with E-state index in [0.717, 1.165) is 0 Å². The van der Waals surface area contributed by atoms with Gasteiger partial charge in [-0.2, -0.15) is 0 Å². The van der Waals surface area contributed by atoms with E-state index >= 15 is 0 Å². The van der Waals surface area contributed by atoms with Gasteiger partial charge in [0.05, 0.1) is 0 Å². The molecule has 0 saturated heterocycles. The second kappa shape index (κ2) is 6.74. The Morgan fingerprint density at radius 2 is 0.833 bits per heavy atom. The van der Waals surface area contributed by atoms with Gasteiger partial charge in [-0.15, -0.1) is 0 Å². The molecule has 0 atom stereocenters. The Labute approximate surface area is 137 Å². The van der Waals surface area contributed by atoms with E-state index in [2.05, 4.69) is 48.5 Å². The molecule has 0 fully saturated rings. The zero-order valence-electron chi connectivity index (χ0n) is 5.62. The summed E-state index contributed by atoms with van der Waals surface area (Å²) in [6.07, 6.45) is 0. The zero-order chi connectivity index (χ0) is 6.81. The SMILES string of the molecule is [KH].[NaH].c1ccc2ccccc2c1. The van der Waals surface area contributed by atoms with Crippen LogP contribution < -0.4 is 0 Å². The number of benzene rings is 2. The summed E-state index contributed by atoms with van der Waals surface area (Å²) in [7, 11) is 0. The molecule has 0 spiro atoms. The van der Waals surface area contributed by atoms with Gasteiger partial charge >= 0.3 is 80.9 Å².